The first-order chi connectivity index (χ1) is 13.1. The van der Waals surface area contributed by atoms with Gasteiger partial charge in [0.05, 0.1) is 13.2 Å². The molecule has 0 saturated carbocycles. The summed E-state index contributed by atoms with van der Waals surface area (Å²) < 4.78 is 24.5. The van der Waals surface area contributed by atoms with Gasteiger partial charge in [0.1, 0.15) is 11.5 Å². The Morgan fingerprint density at radius 1 is 1.22 bits per heavy atom. The monoisotopic (exact) mass is 367 g/mol. The highest BCUT2D eigenvalue weighted by Crippen LogP contribution is 2.34. The van der Waals surface area contributed by atoms with E-state index in [1.807, 2.05) is 30.3 Å². The molecule has 0 N–H and O–H groups in total. The van der Waals surface area contributed by atoms with E-state index >= 15 is 0 Å². The summed E-state index contributed by atoms with van der Waals surface area (Å²) in [6, 6.07) is 12.6. The molecule has 6 heteroatoms. The van der Waals surface area contributed by atoms with Crippen molar-refractivity contribution >= 4 is 0 Å². The molecular weight excluding hydrogens is 345 g/mol. The number of aromatic nitrogens is 2. The zero-order chi connectivity index (χ0) is 18.7. The Hall–Kier alpha value is -2.57. The average Bonchev–Trinajstić information content (AvgIpc) is 3.33. The molecule has 1 unspecified atom stereocenters. The predicted octanol–water partition coefficient (Wildman–Crippen LogP) is 3.67. The smallest absolute Gasteiger partial charge is 0.151 e. The molecule has 1 aromatic carbocycles. The number of rotatable bonds is 6. The Morgan fingerprint density at radius 3 is 2.78 bits per heavy atom. The van der Waals surface area contributed by atoms with Crippen LogP contribution in [0.3, 0.4) is 0 Å². The average molecular weight is 367 g/mol. The van der Waals surface area contributed by atoms with Gasteiger partial charge in [-0.1, -0.05) is 17.3 Å². The molecule has 0 aliphatic carbocycles. The Kier molecular flexibility index (Phi) is 5.01. The van der Waals surface area contributed by atoms with E-state index in [2.05, 4.69) is 22.1 Å². The second-order valence-electron chi connectivity index (χ2n) is 7.18. The van der Waals surface area contributed by atoms with Crippen molar-refractivity contribution in [3.8, 4) is 11.3 Å². The third-order valence-electron chi connectivity index (χ3n) is 5.07. The zero-order valence-corrected chi connectivity index (χ0v) is 15.3. The third kappa shape index (κ3) is 3.91. The normalized spacial score (nSPS) is 19.7. The van der Waals surface area contributed by atoms with Crippen LogP contribution in [-0.2, 0) is 16.7 Å². The number of benzene rings is 1. The van der Waals surface area contributed by atoms with Crippen LogP contribution in [0.1, 0.15) is 17.7 Å². The van der Waals surface area contributed by atoms with Crippen LogP contribution >= 0.6 is 0 Å². The van der Waals surface area contributed by atoms with E-state index in [1.54, 1.807) is 12.4 Å². The molecular formula is C21H22FN3O2. The fourth-order valence-electron chi connectivity index (χ4n) is 3.73. The number of halogens is 1. The molecule has 1 fully saturated rings. The summed E-state index contributed by atoms with van der Waals surface area (Å²) in [4.78, 5) is 6.32. The lowest BCUT2D eigenvalue weighted by Gasteiger charge is -2.32. The molecule has 1 aliphatic rings. The van der Waals surface area contributed by atoms with Gasteiger partial charge < -0.3 is 9.26 Å². The number of pyridine rings is 1. The van der Waals surface area contributed by atoms with Crippen LogP contribution in [0, 0.1) is 5.82 Å². The van der Waals surface area contributed by atoms with E-state index in [9.17, 15) is 4.39 Å². The summed E-state index contributed by atoms with van der Waals surface area (Å²) in [5.74, 6) is 0.579. The number of hydrogen-bond acceptors (Lipinski definition) is 5. The Labute approximate surface area is 157 Å². The first-order valence-electron chi connectivity index (χ1n) is 9.03. The molecule has 5 nitrogen and oxygen atoms in total. The molecule has 3 aromatic rings. The lowest BCUT2D eigenvalue weighted by Crippen LogP contribution is -2.39. The molecule has 0 spiro atoms. The largest absolute Gasteiger partial charge is 0.380 e. The second-order valence-corrected chi connectivity index (χ2v) is 7.18. The summed E-state index contributed by atoms with van der Waals surface area (Å²) in [7, 11) is 2.05. The quantitative estimate of drug-likeness (QED) is 0.665. The highest BCUT2D eigenvalue weighted by atomic mass is 19.1. The van der Waals surface area contributed by atoms with E-state index in [4.69, 9.17) is 9.26 Å². The maximum absolute atomic E-state index is 13.3. The second kappa shape index (κ2) is 7.58. The molecule has 4 rings (SSSR count). The summed E-state index contributed by atoms with van der Waals surface area (Å²) in [6.45, 7) is 2.79. The topological polar surface area (TPSA) is 51.4 Å². The minimum Gasteiger partial charge on any atom is -0.380 e. The van der Waals surface area contributed by atoms with Gasteiger partial charge in [-0.15, -0.1) is 0 Å². The molecule has 3 heterocycles. The Morgan fingerprint density at radius 2 is 2.07 bits per heavy atom. The van der Waals surface area contributed by atoms with Gasteiger partial charge in [0.25, 0.3) is 0 Å². The highest BCUT2D eigenvalue weighted by molar-refractivity contribution is 5.57. The molecule has 0 bridgehead atoms. The van der Waals surface area contributed by atoms with Crippen molar-refractivity contribution in [2.75, 3.05) is 26.8 Å². The van der Waals surface area contributed by atoms with Crippen molar-refractivity contribution in [3.63, 3.8) is 0 Å². The Bertz CT molecular complexity index is 874. The van der Waals surface area contributed by atoms with Crippen LogP contribution in [0.15, 0.2) is 59.4 Å². The van der Waals surface area contributed by atoms with Gasteiger partial charge in [-0.2, -0.15) is 0 Å². The molecule has 0 radical (unpaired) electrons. The summed E-state index contributed by atoms with van der Waals surface area (Å²) >= 11 is 0. The summed E-state index contributed by atoms with van der Waals surface area (Å²) in [5, 5.41) is 4.15. The van der Waals surface area contributed by atoms with E-state index in [0.29, 0.717) is 13.2 Å². The highest BCUT2D eigenvalue weighted by Gasteiger charge is 2.37. The molecule has 0 amide bonds. The number of likely N-dealkylation sites (N-methyl/N-ethyl adjacent to an activating group) is 1. The van der Waals surface area contributed by atoms with Crippen molar-refractivity contribution in [3.05, 3.63) is 72.0 Å². The van der Waals surface area contributed by atoms with Gasteiger partial charge in [-0.25, -0.2) is 4.39 Å². The SMILES string of the molecule is CN(Cc1cc(-c2cccnc2)no1)CC1(c2ccc(F)cc2)CCOC1. The maximum Gasteiger partial charge on any atom is 0.151 e. The van der Waals surface area contributed by atoms with Crippen molar-refractivity contribution in [2.24, 2.45) is 0 Å². The van der Waals surface area contributed by atoms with Gasteiger partial charge in [-0.05, 0) is 43.3 Å². The maximum atomic E-state index is 13.3. The van der Waals surface area contributed by atoms with Gasteiger partial charge in [-0.3, -0.25) is 9.88 Å². The summed E-state index contributed by atoms with van der Waals surface area (Å²) in [5.41, 5.74) is 2.70. The van der Waals surface area contributed by atoms with Gasteiger partial charge in [0.2, 0.25) is 0 Å². The molecule has 2 aromatic heterocycles. The minimum absolute atomic E-state index is 0.130. The number of nitrogens with zero attached hydrogens (tertiary/aromatic N) is 3. The number of ether oxygens (including phenoxy) is 1. The van der Waals surface area contributed by atoms with E-state index in [0.717, 1.165) is 42.2 Å². The third-order valence-corrected chi connectivity index (χ3v) is 5.07. The van der Waals surface area contributed by atoms with Crippen LogP contribution in [0.25, 0.3) is 11.3 Å². The van der Waals surface area contributed by atoms with Gasteiger partial charge >= 0.3 is 0 Å². The number of hydrogen-bond donors (Lipinski definition) is 0. The molecule has 1 saturated heterocycles. The van der Waals surface area contributed by atoms with Crippen LogP contribution in [0.4, 0.5) is 4.39 Å². The van der Waals surface area contributed by atoms with E-state index in [-0.39, 0.29) is 11.2 Å². The van der Waals surface area contributed by atoms with Crippen LogP contribution in [-0.4, -0.2) is 41.8 Å². The fraction of sp³-hybridized carbons (Fsp3) is 0.333. The van der Waals surface area contributed by atoms with Crippen molar-refractivity contribution in [1.82, 2.24) is 15.0 Å². The predicted molar refractivity (Wildman–Crippen MR) is 99.6 cm³/mol. The van der Waals surface area contributed by atoms with Crippen LogP contribution in [0.2, 0.25) is 0 Å². The molecule has 1 aliphatic heterocycles. The van der Waals surface area contributed by atoms with Crippen LogP contribution in [0.5, 0.6) is 0 Å². The van der Waals surface area contributed by atoms with E-state index in [1.165, 1.54) is 12.1 Å². The molecule has 140 valence electrons. The van der Waals surface area contributed by atoms with Crippen molar-refractivity contribution in [2.45, 2.75) is 18.4 Å². The first kappa shape index (κ1) is 17.8. The van der Waals surface area contributed by atoms with E-state index < -0.39 is 0 Å². The lowest BCUT2D eigenvalue weighted by molar-refractivity contribution is 0.153. The van der Waals surface area contributed by atoms with Crippen molar-refractivity contribution < 1.29 is 13.7 Å². The minimum atomic E-state index is -0.217. The standard InChI is InChI=1S/C21H22FN3O2/c1-25(13-19-11-20(24-27-19)16-3-2-9-23-12-16)14-21(8-10-26-15-21)17-4-6-18(22)7-5-17/h2-7,9,11-12H,8,10,13-15H2,1H3. The molecule has 1 atom stereocenters. The fourth-order valence-corrected chi connectivity index (χ4v) is 3.73. The van der Waals surface area contributed by atoms with Crippen LogP contribution < -0.4 is 0 Å². The zero-order valence-electron chi connectivity index (χ0n) is 15.3. The Balaban J connectivity index is 1.47. The molecule has 27 heavy (non-hydrogen) atoms. The first-order valence-corrected chi connectivity index (χ1v) is 9.03. The van der Waals surface area contributed by atoms with Crippen molar-refractivity contribution in [1.29, 1.82) is 0 Å². The van der Waals surface area contributed by atoms with Gasteiger partial charge in [0, 0.05) is 42.6 Å². The summed E-state index contributed by atoms with van der Waals surface area (Å²) in [6.07, 6.45) is 4.42. The van der Waals surface area contributed by atoms with Gasteiger partial charge in [0.15, 0.2) is 5.76 Å². The lowest BCUT2D eigenvalue weighted by atomic mass is 9.79.